The van der Waals surface area contributed by atoms with E-state index in [-0.39, 0.29) is 36.8 Å². The molecule has 4 nitrogen and oxygen atoms in total. The average Bonchev–Trinajstić information content (AvgIpc) is 2.66. The number of para-hydroxylation sites is 1. The number of carbonyl (C=O) groups excluding carboxylic acids is 1. The van der Waals surface area contributed by atoms with Crippen LogP contribution in [-0.2, 0) is 17.8 Å². The predicted molar refractivity (Wildman–Crippen MR) is 109 cm³/mol. The molecule has 0 bridgehead atoms. The summed E-state index contributed by atoms with van der Waals surface area (Å²) in [4.78, 5) is 17.0. The molecule has 0 aromatic heterocycles. The number of rotatable bonds is 2. The molecular formula is C19H25Cl2N3O. The van der Waals surface area contributed by atoms with Gasteiger partial charge >= 0.3 is 0 Å². The van der Waals surface area contributed by atoms with Crippen molar-refractivity contribution in [2.75, 3.05) is 24.2 Å². The number of halogens is 2. The van der Waals surface area contributed by atoms with Crippen LogP contribution in [0.15, 0.2) is 48.5 Å². The SMILES string of the molecule is CC1CN(C)c2ccccc2CN1C(=O)Cc1ccc(N)cc1.Cl.Cl. The van der Waals surface area contributed by atoms with Gasteiger partial charge in [0.15, 0.2) is 0 Å². The van der Waals surface area contributed by atoms with Gasteiger partial charge in [0.1, 0.15) is 0 Å². The van der Waals surface area contributed by atoms with Crippen molar-refractivity contribution in [3.8, 4) is 0 Å². The zero-order chi connectivity index (χ0) is 16.4. The number of amides is 1. The second kappa shape index (κ2) is 8.97. The number of hydrogen-bond donors (Lipinski definition) is 1. The highest BCUT2D eigenvalue weighted by atomic mass is 35.5. The van der Waals surface area contributed by atoms with Gasteiger partial charge in [0.05, 0.1) is 6.42 Å². The van der Waals surface area contributed by atoms with Gasteiger partial charge in [-0.3, -0.25) is 4.79 Å². The first kappa shape index (κ1) is 21.1. The lowest BCUT2D eigenvalue weighted by Gasteiger charge is -2.28. The number of carbonyl (C=O) groups is 1. The first-order chi connectivity index (χ1) is 11.0. The van der Waals surface area contributed by atoms with Crippen molar-refractivity contribution < 1.29 is 4.79 Å². The average molecular weight is 382 g/mol. The summed E-state index contributed by atoms with van der Waals surface area (Å²) in [6, 6.07) is 16.0. The van der Waals surface area contributed by atoms with Gasteiger partial charge in [-0.05, 0) is 36.2 Å². The maximum atomic E-state index is 12.8. The summed E-state index contributed by atoms with van der Waals surface area (Å²) >= 11 is 0. The van der Waals surface area contributed by atoms with Crippen LogP contribution in [0.25, 0.3) is 0 Å². The van der Waals surface area contributed by atoms with E-state index in [0.29, 0.717) is 13.0 Å². The van der Waals surface area contributed by atoms with Crippen LogP contribution in [0.5, 0.6) is 0 Å². The summed E-state index contributed by atoms with van der Waals surface area (Å²) in [7, 11) is 2.09. The number of nitrogens with two attached hydrogens (primary N) is 1. The van der Waals surface area contributed by atoms with Crippen molar-refractivity contribution in [3.05, 3.63) is 59.7 Å². The lowest BCUT2D eigenvalue weighted by atomic mass is 10.1. The van der Waals surface area contributed by atoms with Crippen molar-refractivity contribution in [2.24, 2.45) is 0 Å². The molecule has 0 aliphatic carbocycles. The topological polar surface area (TPSA) is 49.6 Å². The van der Waals surface area contributed by atoms with E-state index < -0.39 is 0 Å². The third kappa shape index (κ3) is 4.80. The largest absolute Gasteiger partial charge is 0.399 e. The Bertz CT molecular complexity index is 706. The summed E-state index contributed by atoms with van der Waals surface area (Å²) in [5.74, 6) is 0.160. The molecular weight excluding hydrogens is 357 g/mol. The Hall–Kier alpha value is -1.91. The normalized spacial score (nSPS) is 16.2. The maximum absolute atomic E-state index is 12.8. The third-order valence-electron chi connectivity index (χ3n) is 4.47. The Labute approximate surface area is 161 Å². The molecule has 6 heteroatoms. The van der Waals surface area contributed by atoms with Crippen LogP contribution in [0.3, 0.4) is 0 Å². The number of fused-ring (bicyclic) bond motifs is 1. The van der Waals surface area contributed by atoms with Gasteiger partial charge in [0, 0.05) is 37.6 Å². The lowest BCUT2D eigenvalue weighted by Crippen LogP contribution is -2.42. The molecule has 2 N–H and O–H groups in total. The van der Waals surface area contributed by atoms with E-state index in [9.17, 15) is 4.79 Å². The van der Waals surface area contributed by atoms with Crippen LogP contribution < -0.4 is 10.6 Å². The number of likely N-dealkylation sites (N-methyl/N-ethyl adjacent to an activating group) is 1. The van der Waals surface area contributed by atoms with Gasteiger partial charge in [-0.1, -0.05) is 30.3 Å². The van der Waals surface area contributed by atoms with Crippen molar-refractivity contribution in [2.45, 2.75) is 25.9 Å². The molecule has 0 fully saturated rings. The molecule has 136 valence electrons. The van der Waals surface area contributed by atoms with Crippen LogP contribution in [0, 0.1) is 0 Å². The van der Waals surface area contributed by atoms with Gasteiger partial charge in [-0.15, -0.1) is 24.8 Å². The first-order valence-electron chi connectivity index (χ1n) is 7.97. The summed E-state index contributed by atoms with van der Waals surface area (Å²) in [6.07, 6.45) is 0.413. The number of nitrogens with zero attached hydrogens (tertiary/aromatic N) is 2. The van der Waals surface area contributed by atoms with E-state index >= 15 is 0 Å². The number of nitrogen functional groups attached to an aromatic ring is 1. The molecule has 3 rings (SSSR count). The molecule has 0 radical (unpaired) electrons. The van der Waals surface area contributed by atoms with Gasteiger partial charge in [-0.2, -0.15) is 0 Å². The van der Waals surface area contributed by atoms with E-state index in [1.807, 2.05) is 41.3 Å². The van der Waals surface area contributed by atoms with Crippen LogP contribution in [0.1, 0.15) is 18.1 Å². The van der Waals surface area contributed by atoms with E-state index in [4.69, 9.17) is 5.73 Å². The Morgan fingerprint density at radius 2 is 1.76 bits per heavy atom. The summed E-state index contributed by atoms with van der Waals surface area (Å²) in [6.45, 7) is 3.61. The number of hydrogen-bond acceptors (Lipinski definition) is 3. The number of benzene rings is 2. The fourth-order valence-electron chi connectivity index (χ4n) is 3.20. The highest BCUT2D eigenvalue weighted by Crippen LogP contribution is 2.26. The molecule has 0 saturated heterocycles. The minimum Gasteiger partial charge on any atom is -0.399 e. The van der Waals surface area contributed by atoms with E-state index in [1.165, 1.54) is 11.3 Å². The van der Waals surface area contributed by atoms with Gasteiger partial charge in [-0.25, -0.2) is 0 Å². The second-order valence-corrected chi connectivity index (χ2v) is 6.30. The van der Waals surface area contributed by atoms with Crippen LogP contribution in [-0.4, -0.2) is 30.4 Å². The fourth-order valence-corrected chi connectivity index (χ4v) is 3.20. The summed E-state index contributed by atoms with van der Waals surface area (Å²) < 4.78 is 0. The molecule has 2 aromatic rings. The van der Waals surface area contributed by atoms with Gasteiger partial charge in [0.2, 0.25) is 5.91 Å². The Balaban J connectivity index is 0.00000156. The van der Waals surface area contributed by atoms with E-state index in [0.717, 1.165) is 17.8 Å². The quantitative estimate of drug-likeness (QED) is 0.809. The zero-order valence-corrected chi connectivity index (χ0v) is 16.1. The summed E-state index contributed by atoms with van der Waals surface area (Å²) in [5.41, 5.74) is 9.84. The standard InChI is InChI=1S/C19H23N3O.2ClH/c1-14-12-21(2)18-6-4-3-5-16(18)13-22(14)19(23)11-15-7-9-17(20)10-8-15;;/h3-10,14H,11-13,20H2,1-2H3;2*1H. The highest BCUT2D eigenvalue weighted by molar-refractivity contribution is 5.85. The predicted octanol–water partition coefficient (Wildman–Crippen LogP) is 3.52. The molecule has 1 aliphatic heterocycles. The highest BCUT2D eigenvalue weighted by Gasteiger charge is 2.26. The first-order valence-corrected chi connectivity index (χ1v) is 7.97. The van der Waals surface area contributed by atoms with Crippen LogP contribution >= 0.6 is 24.8 Å². The van der Waals surface area contributed by atoms with E-state index in [2.05, 4.69) is 31.0 Å². The minimum absolute atomic E-state index is 0. The second-order valence-electron chi connectivity index (χ2n) is 6.30. The zero-order valence-electron chi connectivity index (χ0n) is 14.5. The molecule has 2 aromatic carbocycles. The summed E-state index contributed by atoms with van der Waals surface area (Å²) in [5, 5.41) is 0. The van der Waals surface area contributed by atoms with Crippen LogP contribution in [0.2, 0.25) is 0 Å². The third-order valence-corrected chi connectivity index (χ3v) is 4.47. The smallest absolute Gasteiger partial charge is 0.227 e. The molecule has 25 heavy (non-hydrogen) atoms. The molecule has 0 saturated carbocycles. The monoisotopic (exact) mass is 381 g/mol. The maximum Gasteiger partial charge on any atom is 0.227 e. The lowest BCUT2D eigenvalue weighted by molar-refractivity contribution is -0.132. The van der Waals surface area contributed by atoms with Crippen molar-refractivity contribution in [1.82, 2.24) is 4.90 Å². The molecule has 0 spiro atoms. The van der Waals surface area contributed by atoms with Crippen molar-refractivity contribution in [3.63, 3.8) is 0 Å². The van der Waals surface area contributed by atoms with Crippen molar-refractivity contribution in [1.29, 1.82) is 0 Å². The Kier molecular flexibility index (Phi) is 7.59. The fraction of sp³-hybridized carbons (Fsp3) is 0.316. The molecule has 1 amide bonds. The number of anilines is 2. The van der Waals surface area contributed by atoms with E-state index in [1.54, 1.807) is 0 Å². The molecule has 1 heterocycles. The molecule has 1 aliphatic rings. The molecule has 1 atom stereocenters. The molecule has 1 unspecified atom stereocenters. The van der Waals surface area contributed by atoms with Gasteiger partial charge in [0.25, 0.3) is 0 Å². The van der Waals surface area contributed by atoms with Crippen molar-refractivity contribution >= 4 is 42.1 Å². The minimum atomic E-state index is 0. The Morgan fingerprint density at radius 1 is 1.12 bits per heavy atom. The van der Waals surface area contributed by atoms with Gasteiger partial charge < -0.3 is 15.5 Å². The van der Waals surface area contributed by atoms with Crippen LogP contribution in [0.4, 0.5) is 11.4 Å². The Morgan fingerprint density at radius 3 is 2.44 bits per heavy atom.